The lowest BCUT2D eigenvalue weighted by atomic mass is 10.0. The van der Waals surface area contributed by atoms with E-state index in [9.17, 15) is 4.79 Å². The van der Waals surface area contributed by atoms with E-state index in [1.165, 1.54) is 0 Å². The molecule has 23 heavy (non-hydrogen) atoms. The van der Waals surface area contributed by atoms with Gasteiger partial charge in [-0.3, -0.25) is 9.69 Å². The Bertz CT molecular complexity index is 489. The molecule has 0 aromatic heterocycles. The summed E-state index contributed by atoms with van der Waals surface area (Å²) < 4.78 is 5.71. The van der Waals surface area contributed by atoms with Crippen molar-refractivity contribution in [1.82, 2.24) is 9.80 Å². The zero-order valence-corrected chi connectivity index (χ0v) is 14.5. The predicted octanol–water partition coefficient (Wildman–Crippen LogP) is 1.91. The van der Waals surface area contributed by atoms with Crippen LogP contribution in [0, 0.1) is 12.3 Å². The minimum absolute atomic E-state index is 0.0980. The molecule has 0 aliphatic carbocycles. The maximum Gasteiger partial charge on any atom is 0.222 e. The molecule has 0 unspecified atom stereocenters. The normalized spacial score (nSPS) is 21.7. The average molecular weight is 320 g/mol. The Hall–Kier alpha value is -1.45. The molecule has 0 atom stereocenters. The van der Waals surface area contributed by atoms with E-state index in [4.69, 9.17) is 11.2 Å². The Morgan fingerprint density at radius 2 is 2.13 bits per heavy atom. The van der Waals surface area contributed by atoms with Gasteiger partial charge in [-0.1, -0.05) is 0 Å². The van der Waals surface area contributed by atoms with Crippen molar-refractivity contribution in [3.8, 4) is 12.3 Å². The van der Waals surface area contributed by atoms with E-state index in [-0.39, 0.29) is 17.2 Å². The molecular formula is C17H28N4O2. The molecule has 0 spiro atoms. The zero-order chi connectivity index (χ0) is 16.9. The van der Waals surface area contributed by atoms with E-state index in [2.05, 4.69) is 34.9 Å². The van der Waals surface area contributed by atoms with Crippen molar-refractivity contribution in [1.29, 1.82) is 0 Å². The summed E-state index contributed by atoms with van der Waals surface area (Å²) in [5, 5.41) is 8.15. The summed E-state index contributed by atoms with van der Waals surface area (Å²) in [5.41, 5.74) is -0.462. The summed E-state index contributed by atoms with van der Waals surface area (Å²) in [4.78, 5) is 16.4. The van der Waals surface area contributed by atoms with Gasteiger partial charge in [0, 0.05) is 58.9 Å². The Morgan fingerprint density at radius 3 is 2.74 bits per heavy atom. The maximum absolute atomic E-state index is 12.3. The summed E-state index contributed by atoms with van der Waals surface area (Å²) in [6, 6.07) is 0. The second-order valence-electron chi connectivity index (χ2n) is 7.09. The van der Waals surface area contributed by atoms with E-state index < -0.39 is 0 Å². The Balaban J connectivity index is 1.66. The van der Waals surface area contributed by atoms with Gasteiger partial charge >= 0.3 is 0 Å². The van der Waals surface area contributed by atoms with Crippen molar-refractivity contribution in [2.45, 2.75) is 50.8 Å². The molecule has 2 aliphatic rings. The third kappa shape index (κ3) is 5.60. The average Bonchev–Trinajstić information content (AvgIpc) is 3.28. The number of hydrogen-bond donors (Lipinski definition) is 0. The molecule has 0 bridgehead atoms. The first-order valence-corrected chi connectivity index (χ1v) is 8.34. The fourth-order valence-corrected chi connectivity index (χ4v) is 2.89. The van der Waals surface area contributed by atoms with Crippen LogP contribution >= 0.6 is 0 Å². The van der Waals surface area contributed by atoms with Crippen LogP contribution in [0.15, 0.2) is 10.2 Å². The lowest BCUT2D eigenvalue weighted by molar-refractivity contribution is -0.131. The number of carbonyl (C=O) groups is 1. The van der Waals surface area contributed by atoms with Crippen molar-refractivity contribution in [3.05, 3.63) is 0 Å². The van der Waals surface area contributed by atoms with E-state index in [1.54, 1.807) is 4.90 Å². The third-order valence-corrected chi connectivity index (χ3v) is 4.47. The van der Waals surface area contributed by atoms with Gasteiger partial charge in [0.1, 0.15) is 0 Å². The first kappa shape index (κ1) is 17.9. The van der Waals surface area contributed by atoms with Crippen LogP contribution < -0.4 is 0 Å². The molecule has 0 N–H and O–H groups in total. The van der Waals surface area contributed by atoms with E-state index in [1.807, 2.05) is 7.05 Å². The van der Waals surface area contributed by atoms with Gasteiger partial charge in [0.2, 0.25) is 5.91 Å². The number of nitrogens with zero attached hydrogens (tertiary/aromatic N) is 4. The molecule has 0 radical (unpaired) electrons. The topological polar surface area (TPSA) is 57.5 Å². The van der Waals surface area contributed by atoms with Crippen molar-refractivity contribution in [2.75, 3.05) is 39.8 Å². The highest BCUT2D eigenvalue weighted by Gasteiger charge is 2.39. The van der Waals surface area contributed by atoms with E-state index >= 15 is 0 Å². The number of carbonyl (C=O) groups excluding carboxylic acids is 1. The monoisotopic (exact) mass is 320 g/mol. The maximum atomic E-state index is 12.3. The molecule has 2 aliphatic heterocycles. The molecular weight excluding hydrogens is 292 g/mol. The molecule has 1 amide bonds. The number of terminal acetylenes is 1. The third-order valence-electron chi connectivity index (χ3n) is 4.47. The number of rotatable bonds is 8. The van der Waals surface area contributed by atoms with Crippen LogP contribution in [-0.2, 0) is 9.53 Å². The van der Waals surface area contributed by atoms with Crippen molar-refractivity contribution < 1.29 is 9.53 Å². The lowest BCUT2D eigenvalue weighted by Crippen LogP contribution is -2.50. The fraction of sp³-hybridized carbons (Fsp3) is 0.824. The second-order valence-corrected chi connectivity index (χ2v) is 7.09. The first-order chi connectivity index (χ1) is 10.9. The quantitative estimate of drug-likeness (QED) is 0.642. The van der Waals surface area contributed by atoms with Crippen LogP contribution in [-0.4, -0.2) is 66.8 Å². The number of morpholine rings is 1. The molecule has 2 heterocycles. The summed E-state index contributed by atoms with van der Waals surface area (Å²) in [5.74, 6) is 2.75. The predicted molar refractivity (Wildman–Crippen MR) is 89.0 cm³/mol. The Labute approximate surface area is 139 Å². The van der Waals surface area contributed by atoms with Gasteiger partial charge in [-0.25, -0.2) is 0 Å². The highest BCUT2D eigenvalue weighted by molar-refractivity contribution is 5.76. The van der Waals surface area contributed by atoms with Crippen molar-refractivity contribution >= 4 is 5.91 Å². The van der Waals surface area contributed by atoms with Crippen LogP contribution in [0.3, 0.4) is 0 Å². The van der Waals surface area contributed by atoms with Crippen LogP contribution in [0.5, 0.6) is 0 Å². The standard InChI is InChI=1S/C17H28N4O2/c1-5-6-8-17(18-19-17)9-7-15(22)20(4)10-11-21-12-13-23-16(2,3)14-21/h1H,6-14H2,2-4H3. The Kier molecular flexibility index (Phi) is 5.77. The zero-order valence-electron chi connectivity index (χ0n) is 14.5. The molecule has 6 nitrogen and oxygen atoms in total. The van der Waals surface area contributed by atoms with Gasteiger partial charge in [-0.05, 0) is 13.8 Å². The number of hydrogen-bond acceptors (Lipinski definition) is 5. The summed E-state index contributed by atoms with van der Waals surface area (Å²) in [7, 11) is 1.86. The molecule has 128 valence electrons. The number of amides is 1. The highest BCUT2D eigenvalue weighted by atomic mass is 16.5. The summed E-state index contributed by atoms with van der Waals surface area (Å²) in [6.07, 6.45) is 7.83. The lowest BCUT2D eigenvalue weighted by Gasteiger charge is -2.38. The molecule has 6 heteroatoms. The fourth-order valence-electron chi connectivity index (χ4n) is 2.89. The van der Waals surface area contributed by atoms with Gasteiger partial charge in [-0.2, -0.15) is 10.2 Å². The summed E-state index contributed by atoms with van der Waals surface area (Å²) >= 11 is 0. The van der Waals surface area contributed by atoms with Gasteiger partial charge in [0.05, 0.1) is 12.2 Å². The minimum atomic E-state index is -0.364. The number of likely N-dealkylation sites (N-methyl/N-ethyl adjacent to an activating group) is 1. The van der Waals surface area contributed by atoms with Crippen LogP contribution in [0.4, 0.5) is 0 Å². The molecule has 0 aromatic rings. The van der Waals surface area contributed by atoms with E-state index in [0.29, 0.717) is 19.3 Å². The highest BCUT2D eigenvalue weighted by Crippen LogP contribution is 2.37. The molecule has 0 aromatic carbocycles. The van der Waals surface area contributed by atoms with Gasteiger partial charge < -0.3 is 9.64 Å². The molecule has 0 saturated carbocycles. The molecule has 1 fully saturated rings. The smallest absolute Gasteiger partial charge is 0.222 e. The van der Waals surface area contributed by atoms with Gasteiger partial charge in [-0.15, -0.1) is 12.3 Å². The Morgan fingerprint density at radius 1 is 1.39 bits per heavy atom. The number of ether oxygens (including phenoxy) is 1. The van der Waals surface area contributed by atoms with Gasteiger partial charge in [0.15, 0.2) is 5.66 Å². The first-order valence-electron chi connectivity index (χ1n) is 8.34. The molecule has 1 saturated heterocycles. The van der Waals surface area contributed by atoms with E-state index in [0.717, 1.165) is 39.2 Å². The van der Waals surface area contributed by atoms with Crippen LogP contribution in [0.2, 0.25) is 0 Å². The van der Waals surface area contributed by atoms with Crippen LogP contribution in [0.25, 0.3) is 0 Å². The minimum Gasteiger partial charge on any atom is -0.373 e. The SMILES string of the molecule is C#CCCC1(CCC(=O)N(C)CCN2CCOC(C)(C)C2)N=N1. The summed E-state index contributed by atoms with van der Waals surface area (Å²) in [6.45, 7) is 8.41. The van der Waals surface area contributed by atoms with Crippen molar-refractivity contribution in [3.63, 3.8) is 0 Å². The molecule has 2 rings (SSSR count). The van der Waals surface area contributed by atoms with Gasteiger partial charge in [0.25, 0.3) is 0 Å². The second kappa shape index (κ2) is 7.41. The van der Waals surface area contributed by atoms with Crippen molar-refractivity contribution in [2.24, 2.45) is 10.2 Å². The largest absolute Gasteiger partial charge is 0.373 e. The van der Waals surface area contributed by atoms with Crippen LogP contribution in [0.1, 0.15) is 39.5 Å².